The van der Waals surface area contributed by atoms with E-state index in [9.17, 15) is 23.6 Å². The van der Waals surface area contributed by atoms with Gasteiger partial charge in [0.25, 0.3) is 0 Å². The van der Waals surface area contributed by atoms with Gasteiger partial charge in [0.15, 0.2) is 5.78 Å². The lowest BCUT2D eigenvalue weighted by atomic mass is 10.00. The van der Waals surface area contributed by atoms with Crippen molar-refractivity contribution in [3.05, 3.63) is 64.6 Å². The number of nitrogens with zero attached hydrogens (tertiary/aromatic N) is 2. The number of aromatic nitrogens is 1. The Labute approximate surface area is 241 Å². The molecule has 1 aliphatic carbocycles. The van der Waals surface area contributed by atoms with Crippen molar-refractivity contribution in [3.8, 4) is 0 Å². The molecular weight excluding hydrogens is 551 g/mol. The molecule has 2 aliphatic rings. The van der Waals surface area contributed by atoms with Gasteiger partial charge in [0.2, 0.25) is 0 Å². The summed E-state index contributed by atoms with van der Waals surface area (Å²) in [6.07, 6.45) is 3.07. The summed E-state index contributed by atoms with van der Waals surface area (Å²) in [4.78, 5) is 52.8. The Bertz CT molecular complexity index is 1560. The summed E-state index contributed by atoms with van der Waals surface area (Å²) in [5.74, 6) is -0.839. The molecule has 2 fully saturated rings. The van der Waals surface area contributed by atoms with E-state index < -0.39 is 35.5 Å². The third-order valence-corrected chi connectivity index (χ3v) is 7.79. The number of anilines is 1. The van der Waals surface area contributed by atoms with E-state index in [2.05, 4.69) is 5.32 Å². The number of hydrogen-bond donors (Lipinski definition) is 2. The second-order valence-corrected chi connectivity index (χ2v) is 12.1. The Morgan fingerprint density at radius 2 is 1.90 bits per heavy atom. The van der Waals surface area contributed by atoms with E-state index in [1.807, 2.05) is 0 Å². The van der Waals surface area contributed by atoms with Crippen LogP contribution < -0.4 is 11.1 Å². The summed E-state index contributed by atoms with van der Waals surface area (Å²) in [5, 5.41) is 3.42. The summed E-state index contributed by atoms with van der Waals surface area (Å²) < 4.78 is 20.9. The third kappa shape index (κ3) is 6.07. The Kier molecular flexibility index (Phi) is 7.54. The first-order valence-electron chi connectivity index (χ1n) is 13.5. The van der Waals surface area contributed by atoms with E-state index in [0.29, 0.717) is 34.1 Å². The minimum absolute atomic E-state index is 0.00142. The van der Waals surface area contributed by atoms with E-state index in [4.69, 9.17) is 22.1 Å². The van der Waals surface area contributed by atoms with Gasteiger partial charge in [-0.3, -0.25) is 14.2 Å². The SMILES string of the molecule is CC(C)(C)OC(=O)Cc1ccc2c(NC(=O)N3[C@@H]4C[C@@H]4C[C@H]3C(=O)CCc3cccc(Cl)c3F)cn(C(N)=O)c2c1. The van der Waals surface area contributed by atoms with Crippen molar-refractivity contribution < 1.29 is 28.3 Å². The number of ether oxygens (including phenoxy) is 1. The Morgan fingerprint density at radius 3 is 2.61 bits per heavy atom. The number of urea groups is 1. The molecule has 11 heteroatoms. The molecule has 0 unspecified atom stereocenters. The molecule has 41 heavy (non-hydrogen) atoms. The zero-order valence-corrected chi connectivity index (χ0v) is 23.8. The van der Waals surface area contributed by atoms with Gasteiger partial charge in [0, 0.05) is 24.0 Å². The molecule has 1 saturated heterocycles. The van der Waals surface area contributed by atoms with Gasteiger partial charge in [0.1, 0.15) is 11.4 Å². The average Bonchev–Trinajstić information content (AvgIpc) is 3.39. The molecule has 1 aliphatic heterocycles. The highest BCUT2D eigenvalue weighted by Crippen LogP contribution is 2.48. The molecule has 9 nitrogen and oxygen atoms in total. The van der Waals surface area contributed by atoms with Crippen LogP contribution in [0.4, 0.5) is 19.7 Å². The van der Waals surface area contributed by atoms with Gasteiger partial charge in [-0.1, -0.05) is 35.9 Å². The maximum absolute atomic E-state index is 14.3. The topological polar surface area (TPSA) is 124 Å². The van der Waals surface area contributed by atoms with Gasteiger partial charge in [-0.05, 0) is 69.2 Å². The summed E-state index contributed by atoms with van der Waals surface area (Å²) in [6.45, 7) is 5.34. The number of Topliss-reactive ketones (excluding diaryl/α,β-unsaturated/α-hetero) is 1. The number of aryl methyl sites for hydroxylation is 1. The maximum Gasteiger partial charge on any atom is 0.323 e. The number of carbonyl (C=O) groups excluding carboxylic acids is 4. The molecule has 3 N–H and O–H groups in total. The van der Waals surface area contributed by atoms with E-state index in [0.717, 1.165) is 6.42 Å². The van der Waals surface area contributed by atoms with Gasteiger partial charge < -0.3 is 20.7 Å². The number of esters is 1. The molecule has 2 aromatic carbocycles. The van der Waals surface area contributed by atoms with Crippen molar-refractivity contribution >= 4 is 52.0 Å². The first kappa shape index (κ1) is 28.6. The lowest BCUT2D eigenvalue weighted by Gasteiger charge is -2.27. The Hall–Kier alpha value is -3.92. The van der Waals surface area contributed by atoms with Crippen LogP contribution in [0.1, 0.15) is 51.2 Å². The van der Waals surface area contributed by atoms with Crippen molar-refractivity contribution in [3.63, 3.8) is 0 Å². The number of piperidine rings is 1. The molecule has 1 aromatic heterocycles. The van der Waals surface area contributed by atoms with Crippen molar-refractivity contribution in [2.45, 2.75) is 70.6 Å². The zero-order valence-electron chi connectivity index (χ0n) is 23.1. The maximum atomic E-state index is 14.3. The lowest BCUT2D eigenvalue weighted by Crippen LogP contribution is -2.45. The second kappa shape index (κ2) is 10.8. The number of halogens is 2. The predicted octanol–water partition coefficient (Wildman–Crippen LogP) is 5.44. The summed E-state index contributed by atoms with van der Waals surface area (Å²) >= 11 is 5.87. The quantitative estimate of drug-likeness (QED) is 0.359. The van der Waals surface area contributed by atoms with E-state index >= 15 is 0 Å². The number of benzene rings is 2. The van der Waals surface area contributed by atoms with Crippen LogP contribution in [0.2, 0.25) is 5.02 Å². The molecule has 216 valence electrons. The summed E-state index contributed by atoms with van der Waals surface area (Å²) in [5.41, 5.74) is 6.72. The number of hydrogen-bond acceptors (Lipinski definition) is 5. The van der Waals surface area contributed by atoms with Crippen LogP contribution in [-0.4, -0.2) is 51.0 Å². The number of nitrogens with one attached hydrogen (secondary N) is 1. The van der Waals surface area contributed by atoms with Crippen LogP contribution in [0.25, 0.3) is 10.9 Å². The molecule has 3 aromatic rings. The van der Waals surface area contributed by atoms with Crippen molar-refractivity contribution in [1.29, 1.82) is 0 Å². The van der Waals surface area contributed by atoms with Crippen LogP contribution in [0, 0.1) is 11.7 Å². The predicted molar refractivity (Wildman–Crippen MR) is 152 cm³/mol. The molecule has 3 amide bonds. The number of nitrogens with two attached hydrogens (primary N) is 1. The minimum Gasteiger partial charge on any atom is -0.460 e. The van der Waals surface area contributed by atoms with E-state index in [1.165, 1.54) is 16.8 Å². The van der Waals surface area contributed by atoms with Gasteiger partial charge in [-0.2, -0.15) is 0 Å². The van der Waals surface area contributed by atoms with Crippen molar-refractivity contribution in [2.75, 3.05) is 5.32 Å². The first-order chi connectivity index (χ1) is 19.3. The highest BCUT2D eigenvalue weighted by Gasteiger charge is 2.55. The molecule has 3 atom stereocenters. The molecule has 5 rings (SSSR count). The second-order valence-electron chi connectivity index (χ2n) is 11.7. The van der Waals surface area contributed by atoms with Gasteiger partial charge in [-0.25, -0.2) is 14.0 Å². The highest BCUT2D eigenvalue weighted by molar-refractivity contribution is 6.30. The van der Waals surface area contributed by atoms with Crippen LogP contribution in [0.3, 0.4) is 0 Å². The number of carbonyl (C=O) groups is 4. The number of likely N-dealkylation sites (tertiary alicyclic amines) is 1. The molecule has 0 bridgehead atoms. The van der Waals surface area contributed by atoms with Crippen molar-refractivity contribution in [2.24, 2.45) is 11.7 Å². The number of amides is 3. The number of primary amides is 1. The average molecular weight is 583 g/mol. The monoisotopic (exact) mass is 582 g/mol. The largest absolute Gasteiger partial charge is 0.460 e. The van der Waals surface area contributed by atoms with E-state index in [-0.39, 0.29) is 42.0 Å². The van der Waals surface area contributed by atoms with Gasteiger partial charge in [0.05, 0.1) is 28.7 Å². The minimum atomic E-state index is -0.755. The van der Waals surface area contributed by atoms with Crippen LogP contribution in [0.15, 0.2) is 42.6 Å². The molecular formula is C30H32ClFN4O5. The molecule has 0 radical (unpaired) electrons. The normalized spacial score (nSPS) is 19.6. The Balaban J connectivity index is 1.32. The summed E-state index contributed by atoms with van der Waals surface area (Å²) in [7, 11) is 0. The lowest BCUT2D eigenvalue weighted by molar-refractivity contribution is -0.153. The van der Waals surface area contributed by atoms with Gasteiger partial charge in [-0.15, -0.1) is 0 Å². The molecule has 2 heterocycles. The fourth-order valence-electron chi connectivity index (χ4n) is 5.59. The van der Waals surface area contributed by atoms with Gasteiger partial charge >= 0.3 is 18.0 Å². The third-order valence-electron chi connectivity index (χ3n) is 7.50. The first-order valence-corrected chi connectivity index (χ1v) is 13.9. The number of ketones is 1. The van der Waals surface area contributed by atoms with E-state index in [1.54, 1.807) is 56.0 Å². The fraction of sp³-hybridized carbons (Fsp3) is 0.400. The standard InChI is InChI=1S/C30H32ClFN4O5/c1-30(2,3)41-26(38)12-16-7-9-19-21(15-35(28(33)39)23(19)11-16)34-29(40)36-22-13-18(22)14-24(36)25(37)10-8-17-5-4-6-20(31)27(17)32/h4-7,9,11,15,18,22,24H,8,10,12-14H2,1-3H3,(H2,33,39)(H,34,40)/t18-,22-,24+/m1/s1. The molecule has 0 spiro atoms. The zero-order chi connectivity index (χ0) is 29.6. The van der Waals surface area contributed by atoms with Crippen LogP contribution >= 0.6 is 11.6 Å². The summed E-state index contributed by atoms with van der Waals surface area (Å²) in [6, 6.07) is 7.90. The van der Waals surface area contributed by atoms with Crippen molar-refractivity contribution in [1.82, 2.24) is 9.47 Å². The highest BCUT2D eigenvalue weighted by atomic mass is 35.5. The molecule has 1 saturated carbocycles. The van der Waals surface area contributed by atoms with Crippen LogP contribution in [0.5, 0.6) is 0 Å². The van der Waals surface area contributed by atoms with Crippen LogP contribution in [-0.2, 0) is 27.2 Å². The number of rotatable bonds is 7. The fourth-order valence-corrected chi connectivity index (χ4v) is 5.78. The Morgan fingerprint density at radius 1 is 1.15 bits per heavy atom. The smallest absolute Gasteiger partial charge is 0.323 e. The number of fused-ring (bicyclic) bond motifs is 2.